The SMILES string of the molecule is COc1cccc(C=c2sc3nc(=O)c(Cc4ccccc4)nn3c2=O)c1OC(C)=O. The lowest BCUT2D eigenvalue weighted by molar-refractivity contribution is -0.132. The van der Waals surface area contributed by atoms with Crippen LogP contribution in [-0.4, -0.2) is 27.7 Å². The first-order valence-corrected chi connectivity index (χ1v) is 10.1. The molecule has 0 fully saturated rings. The average molecular weight is 435 g/mol. The van der Waals surface area contributed by atoms with Crippen LogP contribution >= 0.6 is 11.3 Å². The molecule has 0 aliphatic carbocycles. The second kappa shape index (κ2) is 8.49. The molecule has 4 aromatic rings. The van der Waals surface area contributed by atoms with Gasteiger partial charge in [0.25, 0.3) is 11.1 Å². The fourth-order valence-corrected chi connectivity index (χ4v) is 3.94. The zero-order chi connectivity index (χ0) is 22.0. The molecule has 9 heteroatoms. The summed E-state index contributed by atoms with van der Waals surface area (Å²) in [5.74, 6) is 0.0417. The average Bonchev–Trinajstić information content (AvgIpc) is 3.04. The number of esters is 1. The van der Waals surface area contributed by atoms with Crippen LogP contribution in [0.5, 0.6) is 11.5 Å². The summed E-state index contributed by atoms with van der Waals surface area (Å²) in [6.45, 7) is 1.28. The van der Waals surface area contributed by atoms with Crippen molar-refractivity contribution in [3.63, 3.8) is 0 Å². The molecule has 2 aromatic carbocycles. The molecule has 4 rings (SSSR count). The number of aromatic nitrogens is 3. The van der Waals surface area contributed by atoms with Crippen LogP contribution in [0.2, 0.25) is 0 Å². The van der Waals surface area contributed by atoms with Crippen LogP contribution in [-0.2, 0) is 11.2 Å². The van der Waals surface area contributed by atoms with Gasteiger partial charge in [-0.3, -0.25) is 14.4 Å². The first-order valence-electron chi connectivity index (χ1n) is 9.30. The van der Waals surface area contributed by atoms with Crippen molar-refractivity contribution in [1.29, 1.82) is 0 Å². The molecule has 156 valence electrons. The highest BCUT2D eigenvalue weighted by Gasteiger charge is 2.14. The van der Waals surface area contributed by atoms with Crippen LogP contribution in [0.4, 0.5) is 0 Å². The second-order valence-electron chi connectivity index (χ2n) is 6.61. The van der Waals surface area contributed by atoms with Crippen LogP contribution < -0.4 is 25.1 Å². The minimum Gasteiger partial charge on any atom is -0.493 e. The van der Waals surface area contributed by atoms with E-state index in [1.54, 1.807) is 24.3 Å². The molecule has 0 N–H and O–H groups in total. The molecule has 0 aliphatic rings. The summed E-state index contributed by atoms with van der Waals surface area (Å²) in [6, 6.07) is 14.4. The van der Waals surface area contributed by atoms with Crippen LogP contribution in [0, 0.1) is 0 Å². The molecule has 0 unspecified atom stereocenters. The highest BCUT2D eigenvalue weighted by Crippen LogP contribution is 2.31. The molecule has 0 saturated carbocycles. The number of hydrogen-bond acceptors (Lipinski definition) is 8. The molecular weight excluding hydrogens is 418 g/mol. The lowest BCUT2D eigenvalue weighted by Crippen LogP contribution is -2.28. The number of rotatable bonds is 5. The molecule has 0 atom stereocenters. The molecule has 2 heterocycles. The van der Waals surface area contributed by atoms with Crippen LogP contribution in [0.15, 0.2) is 58.1 Å². The van der Waals surface area contributed by atoms with Gasteiger partial charge >= 0.3 is 5.97 Å². The van der Waals surface area contributed by atoms with Gasteiger partial charge in [0.15, 0.2) is 11.5 Å². The molecule has 0 radical (unpaired) electrons. The van der Waals surface area contributed by atoms with Gasteiger partial charge in [0.1, 0.15) is 5.69 Å². The second-order valence-corrected chi connectivity index (χ2v) is 7.62. The summed E-state index contributed by atoms with van der Waals surface area (Å²) >= 11 is 1.03. The van der Waals surface area contributed by atoms with E-state index in [2.05, 4.69) is 10.1 Å². The molecule has 2 aromatic heterocycles. The maximum atomic E-state index is 12.9. The first-order chi connectivity index (χ1) is 15.0. The predicted octanol–water partition coefficient (Wildman–Crippen LogP) is 1.58. The Morgan fingerprint density at radius 2 is 1.90 bits per heavy atom. The summed E-state index contributed by atoms with van der Waals surface area (Å²) in [6.07, 6.45) is 1.84. The first kappa shape index (κ1) is 20.4. The fourth-order valence-electron chi connectivity index (χ4n) is 3.04. The quantitative estimate of drug-likeness (QED) is 0.347. The summed E-state index contributed by atoms with van der Waals surface area (Å²) in [5, 5.41) is 4.25. The van der Waals surface area contributed by atoms with E-state index in [1.165, 1.54) is 14.0 Å². The molecule has 0 amide bonds. The molecule has 0 spiro atoms. The van der Waals surface area contributed by atoms with Gasteiger partial charge in [0, 0.05) is 18.9 Å². The van der Waals surface area contributed by atoms with Gasteiger partial charge in [-0.25, -0.2) is 0 Å². The van der Waals surface area contributed by atoms with Crippen molar-refractivity contribution in [1.82, 2.24) is 14.6 Å². The van der Waals surface area contributed by atoms with Crippen molar-refractivity contribution >= 4 is 28.3 Å². The number of ether oxygens (including phenoxy) is 2. The number of benzene rings is 2. The molecule has 31 heavy (non-hydrogen) atoms. The van der Waals surface area contributed by atoms with Crippen molar-refractivity contribution in [3.8, 4) is 11.5 Å². The molecular formula is C22H17N3O5S. The summed E-state index contributed by atoms with van der Waals surface area (Å²) < 4.78 is 12.0. The zero-order valence-corrected chi connectivity index (χ0v) is 17.5. The minimum atomic E-state index is -0.517. The van der Waals surface area contributed by atoms with Crippen LogP contribution in [0.1, 0.15) is 23.7 Å². The Labute approximate surface area is 180 Å². The Kier molecular flexibility index (Phi) is 5.59. The number of hydrogen-bond donors (Lipinski definition) is 0. The normalized spacial score (nSPS) is 11.6. The van der Waals surface area contributed by atoms with Gasteiger partial charge in [-0.05, 0) is 17.7 Å². The maximum absolute atomic E-state index is 12.9. The third-order valence-corrected chi connectivity index (χ3v) is 5.39. The predicted molar refractivity (Wildman–Crippen MR) is 116 cm³/mol. The number of thiazole rings is 1. The van der Waals surface area contributed by atoms with Crippen molar-refractivity contribution in [2.75, 3.05) is 7.11 Å². The number of carbonyl (C=O) groups excluding carboxylic acids is 1. The third kappa shape index (κ3) is 4.22. The van der Waals surface area contributed by atoms with Gasteiger partial charge < -0.3 is 9.47 Å². The monoisotopic (exact) mass is 435 g/mol. The highest BCUT2D eigenvalue weighted by atomic mass is 32.1. The Morgan fingerprint density at radius 3 is 2.61 bits per heavy atom. The van der Waals surface area contributed by atoms with Gasteiger partial charge in [-0.1, -0.05) is 53.8 Å². The van der Waals surface area contributed by atoms with E-state index >= 15 is 0 Å². The van der Waals surface area contributed by atoms with Gasteiger partial charge in [-0.2, -0.15) is 14.6 Å². The fraction of sp³-hybridized carbons (Fsp3) is 0.136. The smallest absolute Gasteiger partial charge is 0.308 e. The lowest BCUT2D eigenvalue weighted by Gasteiger charge is -2.10. The molecule has 0 saturated heterocycles. The molecule has 0 aliphatic heterocycles. The van der Waals surface area contributed by atoms with E-state index < -0.39 is 17.1 Å². The van der Waals surface area contributed by atoms with E-state index in [9.17, 15) is 14.4 Å². The Morgan fingerprint density at radius 1 is 1.13 bits per heavy atom. The third-order valence-electron chi connectivity index (χ3n) is 4.43. The lowest BCUT2D eigenvalue weighted by atomic mass is 10.1. The number of methoxy groups -OCH3 is 1. The number of para-hydroxylation sites is 1. The number of carbonyl (C=O) groups is 1. The summed E-state index contributed by atoms with van der Waals surface area (Å²) in [4.78, 5) is 41.1. The minimum absolute atomic E-state index is 0.187. The number of nitrogens with zero attached hydrogens (tertiary/aromatic N) is 3. The van der Waals surface area contributed by atoms with E-state index in [0.717, 1.165) is 21.4 Å². The van der Waals surface area contributed by atoms with E-state index in [4.69, 9.17) is 9.47 Å². The van der Waals surface area contributed by atoms with Gasteiger partial charge in [-0.15, -0.1) is 0 Å². The van der Waals surface area contributed by atoms with Gasteiger partial charge in [0.2, 0.25) is 4.96 Å². The zero-order valence-electron chi connectivity index (χ0n) is 16.7. The van der Waals surface area contributed by atoms with E-state index in [-0.39, 0.29) is 27.4 Å². The maximum Gasteiger partial charge on any atom is 0.308 e. The Balaban J connectivity index is 1.84. The Hall–Kier alpha value is -3.85. The van der Waals surface area contributed by atoms with Crippen LogP contribution in [0.3, 0.4) is 0 Å². The summed E-state index contributed by atoms with van der Waals surface area (Å²) in [7, 11) is 1.46. The standard InChI is InChI=1S/C22H17N3O5S/c1-13(26)30-19-15(9-6-10-17(19)29-2)12-18-21(28)25-22(31-18)23-20(27)16(24-25)11-14-7-4-3-5-8-14/h3-10,12H,11H2,1-2H3. The van der Waals surface area contributed by atoms with Gasteiger partial charge in [0.05, 0.1) is 11.6 Å². The Bertz CT molecular complexity index is 1440. The van der Waals surface area contributed by atoms with Crippen LogP contribution in [0.25, 0.3) is 11.0 Å². The van der Waals surface area contributed by atoms with Crippen molar-refractivity contribution in [3.05, 3.63) is 90.6 Å². The number of fused-ring (bicyclic) bond motifs is 1. The molecule has 0 bridgehead atoms. The topological polar surface area (TPSA) is 99.9 Å². The van der Waals surface area contributed by atoms with Crippen molar-refractivity contribution < 1.29 is 14.3 Å². The van der Waals surface area contributed by atoms with E-state index in [0.29, 0.717) is 11.3 Å². The van der Waals surface area contributed by atoms with Crippen molar-refractivity contribution in [2.24, 2.45) is 0 Å². The largest absolute Gasteiger partial charge is 0.493 e. The van der Waals surface area contributed by atoms with Crippen molar-refractivity contribution in [2.45, 2.75) is 13.3 Å². The molecule has 8 nitrogen and oxygen atoms in total. The summed E-state index contributed by atoms with van der Waals surface area (Å²) in [5.41, 5.74) is 0.667. The van der Waals surface area contributed by atoms with E-state index in [1.807, 2.05) is 30.3 Å². The highest BCUT2D eigenvalue weighted by molar-refractivity contribution is 7.15.